The normalized spacial score (nSPS) is 11.6. The topological polar surface area (TPSA) is 108 Å². The van der Waals surface area contributed by atoms with Gasteiger partial charge in [-0.15, -0.1) is 0 Å². The average Bonchev–Trinajstić information content (AvgIpc) is 2.59. The molecule has 0 saturated carbocycles. The van der Waals surface area contributed by atoms with Crippen molar-refractivity contribution in [1.29, 1.82) is 0 Å². The van der Waals surface area contributed by atoms with E-state index in [0.717, 1.165) is 20.3 Å². The van der Waals surface area contributed by atoms with Gasteiger partial charge in [-0.3, -0.25) is 4.79 Å². The summed E-state index contributed by atoms with van der Waals surface area (Å²) in [6.07, 6.45) is 0.625. The summed E-state index contributed by atoms with van der Waals surface area (Å²) in [5.74, 6) is -2.23. The Morgan fingerprint density at radius 2 is 1.88 bits per heavy atom. The Bertz CT molecular complexity index is 635. The lowest BCUT2D eigenvalue weighted by Crippen LogP contribution is -2.30. The molecule has 1 aromatic carbocycles. The van der Waals surface area contributed by atoms with Gasteiger partial charge in [0.05, 0.1) is 27.8 Å². The van der Waals surface area contributed by atoms with E-state index >= 15 is 0 Å². The van der Waals surface area contributed by atoms with Crippen LogP contribution >= 0.6 is 0 Å². The van der Waals surface area contributed by atoms with Gasteiger partial charge in [-0.05, 0) is 23.8 Å². The molecule has 0 amide bonds. The Labute approximate surface area is 138 Å². The predicted molar refractivity (Wildman–Crippen MR) is 82.2 cm³/mol. The Kier molecular flexibility index (Phi) is 7.28. The minimum Gasteiger partial charge on any atom is -0.504 e. The van der Waals surface area contributed by atoms with Crippen molar-refractivity contribution in [2.24, 2.45) is 0 Å². The summed E-state index contributed by atoms with van der Waals surface area (Å²) in [4.78, 5) is 34.5. The Morgan fingerprint density at radius 1 is 1.17 bits per heavy atom. The van der Waals surface area contributed by atoms with E-state index in [1.54, 1.807) is 6.07 Å². The van der Waals surface area contributed by atoms with E-state index in [2.05, 4.69) is 9.47 Å². The number of benzene rings is 1. The van der Waals surface area contributed by atoms with Gasteiger partial charge < -0.3 is 24.1 Å². The maximum absolute atomic E-state index is 11.8. The lowest BCUT2D eigenvalue weighted by atomic mass is 10.2. The van der Waals surface area contributed by atoms with E-state index in [-0.39, 0.29) is 11.5 Å². The standard InChI is InChI=1S/C16H18O8/c1-21-12-8-10(4-6-11(12)17)5-7-14(18)24-13(16(20)23-3)9-15(19)22-2/h4-8,13,17H,9H2,1-3H3/t13-/m1/s1. The average molecular weight is 338 g/mol. The third kappa shape index (κ3) is 5.64. The Morgan fingerprint density at radius 3 is 2.46 bits per heavy atom. The molecule has 0 saturated heterocycles. The molecule has 0 aliphatic carbocycles. The molecule has 0 aliphatic heterocycles. The molecule has 1 rings (SSSR count). The molecule has 1 aromatic rings. The van der Waals surface area contributed by atoms with Crippen LogP contribution in [-0.2, 0) is 28.6 Å². The minimum atomic E-state index is -1.39. The summed E-state index contributed by atoms with van der Waals surface area (Å²) in [6.45, 7) is 0. The van der Waals surface area contributed by atoms with Gasteiger partial charge in [-0.25, -0.2) is 9.59 Å². The number of esters is 3. The second-order valence-corrected chi connectivity index (χ2v) is 4.49. The summed E-state index contributed by atoms with van der Waals surface area (Å²) < 4.78 is 18.7. The van der Waals surface area contributed by atoms with Crippen LogP contribution in [0.4, 0.5) is 0 Å². The van der Waals surface area contributed by atoms with Gasteiger partial charge in [-0.1, -0.05) is 6.07 Å². The highest BCUT2D eigenvalue weighted by molar-refractivity contribution is 5.90. The molecule has 0 aromatic heterocycles. The van der Waals surface area contributed by atoms with Crippen LogP contribution in [0.5, 0.6) is 11.5 Å². The first kappa shape index (κ1) is 19.0. The van der Waals surface area contributed by atoms with Crippen molar-refractivity contribution >= 4 is 24.0 Å². The van der Waals surface area contributed by atoms with Crippen molar-refractivity contribution < 1.29 is 38.4 Å². The second kappa shape index (κ2) is 9.19. The molecule has 0 spiro atoms. The zero-order valence-corrected chi connectivity index (χ0v) is 13.5. The molecular formula is C16H18O8. The van der Waals surface area contributed by atoms with Gasteiger partial charge in [0, 0.05) is 6.08 Å². The van der Waals surface area contributed by atoms with Gasteiger partial charge in [0.15, 0.2) is 11.5 Å². The molecule has 1 atom stereocenters. The number of hydrogen-bond donors (Lipinski definition) is 1. The SMILES string of the molecule is COC(=O)C[C@@H](OC(=O)C=Cc1ccc(O)c(OC)c1)C(=O)OC. The number of methoxy groups -OCH3 is 3. The molecule has 1 N–H and O–H groups in total. The minimum absolute atomic E-state index is 0.0407. The van der Waals surface area contributed by atoms with Crippen LogP contribution in [-0.4, -0.2) is 50.4 Å². The summed E-state index contributed by atoms with van der Waals surface area (Å²) >= 11 is 0. The molecular weight excluding hydrogens is 320 g/mol. The molecule has 24 heavy (non-hydrogen) atoms. The summed E-state index contributed by atoms with van der Waals surface area (Å²) in [5.41, 5.74) is 0.559. The molecule has 0 unspecified atom stereocenters. The van der Waals surface area contributed by atoms with E-state index in [1.165, 1.54) is 25.3 Å². The molecule has 0 radical (unpaired) electrons. The predicted octanol–water partition coefficient (Wildman–Crippen LogP) is 1.06. The van der Waals surface area contributed by atoms with E-state index in [9.17, 15) is 19.5 Å². The van der Waals surface area contributed by atoms with Crippen molar-refractivity contribution in [3.05, 3.63) is 29.8 Å². The van der Waals surface area contributed by atoms with Crippen molar-refractivity contribution in [1.82, 2.24) is 0 Å². The monoisotopic (exact) mass is 338 g/mol. The van der Waals surface area contributed by atoms with Crippen molar-refractivity contribution in [3.63, 3.8) is 0 Å². The lowest BCUT2D eigenvalue weighted by Gasteiger charge is -2.13. The third-order valence-electron chi connectivity index (χ3n) is 2.92. The van der Waals surface area contributed by atoms with E-state index in [1.807, 2.05) is 0 Å². The van der Waals surface area contributed by atoms with Crippen LogP contribution < -0.4 is 4.74 Å². The Balaban J connectivity index is 2.77. The third-order valence-corrected chi connectivity index (χ3v) is 2.92. The summed E-state index contributed by atoms with van der Waals surface area (Å²) in [7, 11) is 3.65. The zero-order valence-electron chi connectivity index (χ0n) is 13.5. The number of rotatable bonds is 7. The van der Waals surface area contributed by atoms with E-state index in [4.69, 9.17) is 9.47 Å². The number of hydrogen-bond acceptors (Lipinski definition) is 8. The van der Waals surface area contributed by atoms with Crippen LogP contribution in [0, 0.1) is 0 Å². The number of carbonyl (C=O) groups is 3. The summed E-state index contributed by atoms with van der Waals surface area (Å²) in [5, 5.41) is 9.49. The number of ether oxygens (including phenoxy) is 4. The molecule has 0 heterocycles. The largest absolute Gasteiger partial charge is 0.504 e. The molecule has 0 bridgehead atoms. The Hall–Kier alpha value is -3.03. The second-order valence-electron chi connectivity index (χ2n) is 4.49. The molecule has 130 valence electrons. The highest BCUT2D eigenvalue weighted by Crippen LogP contribution is 2.26. The van der Waals surface area contributed by atoms with E-state index in [0.29, 0.717) is 5.56 Å². The number of phenolic OH excluding ortho intramolecular Hbond substituents is 1. The number of phenols is 1. The molecule has 0 fully saturated rings. The smallest absolute Gasteiger partial charge is 0.347 e. The lowest BCUT2D eigenvalue weighted by molar-refractivity contribution is -0.167. The fraction of sp³-hybridized carbons (Fsp3) is 0.312. The molecule has 8 heteroatoms. The van der Waals surface area contributed by atoms with Crippen LogP contribution in [0.3, 0.4) is 0 Å². The fourth-order valence-electron chi connectivity index (χ4n) is 1.68. The van der Waals surface area contributed by atoms with Gasteiger partial charge in [0.2, 0.25) is 6.10 Å². The highest BCUT2D eigenvalue weighted by Gasteiger charge is 2.26. The van der Waals surface area contributed by atoms with Crippen LogP contribution in [0.2, 0.25) is 0 Å². The first-order valence-corrected chi connectivity index (χ1v) is 6.81. The zero-order chi connectivity index (χ0) is 18.1. The van der Waals surface area contributed by atoms with E-state index < -0.39 is 30.4 Å². The fourth-order valence-corrected chi connectivity index (χ4v) is 1.68. The van der Waals surface area contributed by atoms with Crippen molar-refractivity contribution in [2.45, 2.75) is 12.5 Å². The van der Waals surface area contributed by atoms with Gasteiger partial charge in [-0.2, -0.15) is 0 Å². The van der Waals surface area contributed by atoms with Crippen LogP contribution in [0.25, 0.3) is 6.08 Å². The van der Waals surface area contributed by atoms with Gasteiger partial charge in [0.1, 0.15) is 0 Å². The first-order chi connectivity index (χ1) is 11.4. The molecule has 0 aliphatic rings. The van der Waals surface area contributed by atoms with Crippen LogP contribution in [0.15, 0.2) is 24.3 Å². The van der Waals surface area contributed by atoms with Crippen molar-refractivity contribution in [3.8, 4) is 11.5 Å². The number of aromatic hydroxyl groups is 1. The number of carbonyl (C=O) groups excluding carboxylic acids is 3. The van der Waals surface area contributed by atoms with Crippen molar-refractivity contribution in [2.75, 3.05) is 21.3 Å². The highest BCUT2D eigenvalue weighted by atomic mass is 16.6. The molecule has 8 nitrogen and oxygen atoms in total. The first-order valence-electron chi connectivity index (χ1n) is 6.81. The quantitative estimate of drug-likeness (QED) is 0.447. The summed E-state index contributed by atoms with van der Waals surface area (Å²) in [6, 6.07) is 4.46. The maximum Gasteiger partial charge on any atom is 0.347 e. The van der Waals surface area contributed by atoms with Crippen LogP contribution in [0.1, 0.15) is 12.0 Å². The van der Waals surface area contributed by atoms with Gasteiger partial charge in [0.25, 0.3) is 0 Å². The van der Waals surface area contributed by atoms with Gasteiger partial charge >= 0.3 is 17.9 Å². The maximum atomic E-state index is 11.8.